The monoisotopic (exact) mass is 253 g/mol. The summed E-state index contributed by atoms with van der Waals surface area (Å²) in [6.07, 6.45) is 0.426. The van der Waals surface area contributed by atoms with Gasteiger partial charge in [0.25, 0.3) is 0 Å². The lowest BCUT2D eigenvalue weighted by atomic mass is 10.1. The molecule has 0 aliphatic heterocycles. The summed E-state index contributed by atoms with van der Waals surface area (Å²) in [5, 5.41) is 10.3. The van der Waals surface area contributed by atoms with E-state index in [1.165, 1.54) is 0 Å². The SMILES string of the molecule is CCNC(=O)CCNc1c(N)c(C(C)C)nn1C. The number of aromatic nitrogens is 2. The summed E-state index contributed by atoms with van der Waals surface area (Å²) in [6.45, 7) is 7.21. The third kappa shape index (κ3) is 3.38. The van der Waals surface area contributed by atoms with Gasteiger partial charge in [-0.05, 0) is 12.8 Å². The van der Waals surface area contributed by atoms with Crippen LogP contribution in [0.2, 0.25) is 0 Å². The first kappa shape index (κ1) is 14.3. The Kier molecular flexibility index (Phi) is 5.00. The van der Waals surface area contributed by atoms with Gasteiger partial charge in [0.15, 0.2) is 0 Å². The van der Waals surface area contributed by atoms with Crippen molar-refractivity contribution in [3.8, 4) is 0 Å². The lowest BCUT2D eigenvalue weighted by Gasteiger charge is -2.07. The molecule has 0 saturated heterocycles. The predicted molar refractivity (Wildman–Crippen MR) is 73.5 cm³/mol. The van der Waals surface area contributed by atoms with E-state index in [2.05, 4.69) is 29.6 Å². The Labute approximate surface area is 108 Å². The number of carbonyl (C=O) groups excluding carboxylic acids is 1. The molecule has 0 atom stereocenters. The maximum Gasteiger partial charge on any atom is 0.221 e. The van der Waals surface area contributed by atoms with E-state index < -0.39 is 0 Å². The number of hydrogen-bond acceptors (Lipinski definition) is 4. The smallest absolute Gasteiger partial charge is 0.221 e. The van der Waals surface area contributed by atoms with E-state index in [1.807, 2.05) is 14.0 Å². The minimum absolute atomic E-state index is 0.0369. The molecule has 4 N–H and O–H groups in total. The van der Waals surface area contributed by atoms with Crippen LogP contribution in [0, 0.1) is 0 Å². The number of nitrogens with one attached hydrogen (secondary N) is 2. The van der Waals surface area contributed by atoms with Crippen molar-refractivity contribution in [2.45, 2.75) is 33.1 Å². The minimum Gasteiger partial charge on any atom is -0.394 e. The molecule has 0 aliphatic carbocycles. The molecule has 1 aromatic heterocycles. The molecule has 102 valence electrons. The summed E-state index contributed by atoms with van der Waals surface area (Å²) in [6, 6.07) is 0. The molecule has 0 aromatic carbocycles. The molecular weight excluding hydrogens is 230 g/mol. The van der Waals surface area contributed by atoms with E-state index in [0.717, 1.165) is 11.5 Å². The highest BCUT2D eigenvalue weighted by atomic mass is 16.1. The zero-order valence-corrected chi connectivity index (χ0v) is 11.6. The van der Waals surface area contributed by atoms with Crippen LogP contribution in [0.5, 0.6) is 0 Å². The molecule has 0 aliphatic rings. The summed E-state index contributed by atoms with van der Waals surface area (Å²) >= 11 is 0. The Morgan fingerprint density at radius 2 is 2.17 bits per heavy atom. The molecule has 1 heterocycles. The number of hydrogen-bond donors (Lipinski definition) is 3. The second-order valence-electron chi connectivity index (χ2n) is 4.56. The van der Waals surface area contributed by atoms with Crippen molar-refractivity contribution in [3.05, 3.63) is 5.69 Å². The van der Waals surface area contributed by atoms with Crippen LogP contribution in [0.3, 0.4) is 0 Å². The summed E-state index contributed by atoms with van der Waals surface area (Å²) in [4.78, 5) is 11.3. The third-order valence-corrected chi connectivity index (χ3v) is 2.68. The van der Waals surface area contributed by atoms with Gasteiger partial charge in [0.1, 0.15) is 5.82 Å². The van der Waals surface area contributed by atoms with Crippen LogP contribution in [0.25, 0.3) is 0 Å². The number of anilines is 2. The normalized spacial score (nSPS) is 10.7. The molecule has 1 rings (SSSR count). The molecule has 1 amide bonds. The first-order chi connectivity index (χ1) is 8.47. The van der Waals surface area contributed by atoms with E-state index in [9.17, 15) is 4.79 Å². The lowest BCUT2D eigenvalue weighted by Crippen LogP contribution is -2.25. The molecule has 0 bridgehead atoms. The van der Waals surface area contributed by atoms with Crippen LogP contribution in [0.15, 0.2) is 0 Å². The van der Waals surface area contributed by atoms with Gasteiger partial charge in [-0.3, -0.25) is 9.48 Å². The topological polar surface area (TPSA) is 85.0 Å². The van der Waals surface area contributed by atoms with Gasteiger partial charge in [-0.25, -0.2) is 0 Å². The summed E-state index contributed by atoms with van der Waals surface area (Å²) in [5.74, 6) is 1.10. The van der Waals surface area contributed by atoms with Gasteiger partial charge in [-0.2, -0.15) is 5.10 Å². The van der Waals surface area contributed by atoms with Crippen LogP contribution in [0.1, 0.15) is 38.8 Å². The molecule has 1 aromatic rings. The van der Waals surface area contributed by atoms with Gasteiger partial charge in [-0.15, -0.1) is 0 Å². The van der Waals surface area contributed by atoms with Gasteiger partial charge < -0.3 is 16.4 Å². The lowest BCUT2D eigenvalue weighted by molar-refractivity contribution is -0.120. The Morgan fingerprint density at radius 3 is 2.67 bits per heavy atom. The fourth-order valence-corrected chi connectivity index (χ4v) is 1.78. The highest BCUT2D eigenvalue weighted by Gasteiger charge is 2.15. The standard InChI is InChI=1S/C12H23N5O/c1-5-14-9(18)6-7-15-12-10(13)11(8(2)3)16-17(12)4/h8,15H,5-7,13H2,1-4H3,(H,14,18). The minimum atomic E-state index is 0.0369. The van der Waals surface area contributed by atoms with Crippen molar-refractivity contribution in [1.29, 1.82) is 0 Å². The van der Waals surface area contributed by atoms with Crippen molar-refractivity contribution in [3.63, 3.8) is 0 Å². The second kappa shape index (κ2) is 6.28. The van der Waals surface area contributed by atoms with Crippen molar-refractivity contribution in [1.82, 2.24) is 15.1 Å². The molecule has 18 heavy (non-hydrogen) atoms. The number of rotatable bonds is 6. The van der Waals surface area contributed by atoms with Crippen LogP contribution in [-0.4, -0.2) is 28.8 Å². The van der Waals surface area contributed by atoms with Gasteiger partial charge in [0.2, 0.25) is 5.91 Å². The zero-order valence-electron chi connectivity index (χ0n) is 11.6. The quantitative estimate of drug-likeness (QED) is 0.708. The van der Waals surface area contributed by atoms with Crippen LogP contribution in [0.4, 0.5) is 11.5 Å². The molecular formula is C12H23N5O. The Bertz CT molecular complexity index is 411. The molecule has 0 unspecified atom stereocenters. The van der Waals surface area contributed by atoms with Crippen LogP contribution < -0.4 is 16.4 Å². The fourth-order valence-electron chi connectivity index (χ4n) is 1.78. The van der Waals surface area contributed by atoms with Crippen molar-refractivity contribution >= 4 is 17.4 Å². The number of nitrogens with zero attached hydrogens (tertiary/aromatic N) is 2. The largest absolute Gasteiger partial charge is 0.394 e. The highest BCUT2D eigenvalue weighted by molar-refractivity contribution is 5.76. The first-order valence-corrected chi connectivity index (χ1v) is 6.30. The Hall–Kier alpha value is -1.72. The molecule has 0 saturated carbocycles. The average Bonchev–Trinajstić information content (AvgIpc) is 2.57. The average molecular weight is 253 g/mol. The fraction of sp³-hybridized carbons (Fsp3) is 0.667. The van der Waals surface area contributed by atoms with E-state index in [4.69, 9.17) is 5.73 Å². The number of nitrogen functional groups attached to an aromatic ring is 1. The third-order valence-electron chi connectivity index (χ3n) is 2.68. The van der Waals surface area contributed by atoms with Gasteiger partial charge in [-0.1, -0.05) is 13.8 Å². The Balaban J connectivity index is 2.60. The maximum absolute atomic E-state index is 11.3. The first-order valence-electron chi connectivity index (χ1n) is 6.30. The maximum atomic E-state index is 11.3. The van der Waals surface area contributed by atoms with Crippen LogP contribution >= 0.6 is 0 Å². The van der Waals surface area contributed by atoms with Crippen molar-refractivity contribution in [2.75, 3.05) is 24.1 Å². The number of amides is 1. The van der Waals surface area contributed by atoms with E-state index in [1.54, 1.807) is 4.68 Å². The molecule has 0 radical (unpaired) electrons. The predicted octanol–water partition coefficient (Wildman–Crippen LogP) is 1.06. The van der Waals surface area contributed by atoms with Gasteiger partial charge >= 0.3 is 0 Å². The summed E-state index contributed by atoms with van der Waals surface area (Å²) in [7, 11) is 1.84. The van der Waals surface area contributed by atoms with Crippen molar-refractivity contribution < 1.29 is 4.79 Å². The van der Waals surface area contributed by atoms with Crippen molar-refractivity contribution in [2.24, 2.45) is 7.05 Å². The number of nitrogens with two attached hydrogens (primary N) is 1. The molecule has 6 heteroatoms. The number of aryl methyl sites for hydroxylation is 1. The van der Waals surface area contributed by atoms with E-state index in [-0.39, 0.29) is 11.8 Å². The summed E-state index contributed by atoms with van der Waals surface area (Å²) < 4.78 is 1.72. The molecule has 0 fully saturated rings. The second-order valence-corrected chi connectivity index (χ2v) is 4.56. The van der Waals surface area contributed by atoms with Gasteiger partial charge in [0.05, 0.1) is 11.4 Å². The summed E-state index contributed by atoms with van der Waals surface area (Å²) in [5.41, 5.74) is 7.59. The number of carbonyl (C=O) groups is 1. The highest BCUT2D eigenvalue weighted by Crippen LogP contribution is 2.27. The molecule has 6 nitrogen and oxygen atoms in total. The zero-order chi connectivity index (χ0) is 13.7. The van der Waals surface area contributed by atoms with E-state index in [0.29, 0.717) is 25.2 Å². The van der Waals surface area contributed by atoms with Crippen LogP contribution in [-0.2, 0) is 11.8 Å². The molecule has 0 spiro atoms. The van der Waals surface area contributed by atoms with E-state index >= 15 is 0 Å². The Morgan fingerprint density at radius 1 is 1.50 bits per heavy atom. The van der Waals surface area contributed by atoms with Gasteiger partial charge in [0, 0.05) is 26.6 Å².